The molecule has 166 valence electrons. The molecule has 0 aliphatic carbocycles. The van der Waals surface area contributed by atoms with E-state index in [0.717, 1.165) is 22.6 Å². The fourth-order valence-electron chi connectivity index (χ4n) is 3.63. The summed E-state index contributed by atoms with van der Waals surface area (Å²) in [6.07, 6.45) is 2.07. The molecule has 0 atom stereocenters. The van der Waals surface area contributed by atoms with E-state index in [-0.39, 0.29) is 9.99 Å². The van der Waals surface area contributed by atoms with Crippen LogP contribution in [0.2, 0.25) is 0 Å². The van der Waals surface area contributed by atoms with Crippen LogP contribution < -0.4 is 14.9 Å². The molecule has 0 aromatic heterocycles. The molecular formula is C25H26N2O3S2. The SMILES string of the molecule is COc1cc(/C=N\NC(=O)CC2(C)SCCS2)ccc1OCc1cccc2ccccc12. The Balaban J connectivity index is 1.38. The molecule has 1 fully saturated rings. The van der Waals surface area contributed by atoms with Crippen molar-refractivity contribution in [2.24, 2.45) is 5.10 Å². The van der Waals surface area contributed by atoms with Crippen molar-refractivity contribution in [2.75, 3.05) is 18.6 Å². The molecule has 0 bridgehead atoms. The summed E-state index contributed by atoms with van der Waals surface area (Å²) in [6.45, 7) is 2.55. The number of amides is 1. The van der Waals surface area contributed by atoms with Crippen molar-refractivity contribution in [2.45, 2.75) is 24.0 Å². The molecule has 1 saturated heterocycles. The van der Waals surface area contributed by atoms with Gasteiger partial charge in [-0.25, -0.2) is 5.43 Å². The van der Waals surface area contributed by atoms with Crippen LogP contribution in [0.15, 0.2) is 65.8 Å². The third-order valence-electron chi connectivity index (χ3n) is 5.23. The maximum atomic E-state index is 12.2. The highest BCUT2D eigenvalue weighted by molar-refractivity contribution is 8.21. The summed E-state index contributed by atoms with van der Waals surface area (Å²) in [7, 11) is 1.61. The van der Waals surface area contributed by atoms with E-state index in [1.807, 2.05) is 59.9 Å². The Morgan fingerprint density at radius 1 is 1.09 bits per heavy atom. The van der Waals surface area contributed by atoms with E-state index in [1.54, 1.807) is 13.3 Å². The number of benzene rings is 3. The molecular weight excluding hydrogens is 440 g/mol. The van der Waals surface area contributed by atoms with Gasteiger partial charge in [-0.2, -0.15) is 5.10 Å². The van der Waals surface area contributed by atoms with Crippen LogP contribution in [0, 0.1) is 0 Å². The van der Waals surface area contributed by atoms with Gasteiger partial charge in [0.1, 0.15) is 6.61 Å². The number of carbonyl (C=O) groups is 1. The third kappa shape index (κ3) is 5.58. The van der Waals surface area contributed by atoms with Crippen LogP contribution in [0.3, 0.4) is 0 Å². The number of rotatable bonds is 8. The molecule has 3 aromatic rings. The average molecular weight is 467 g/mol. The monoisotopic (exact) mass is 466 g/mol. The predicted octanol–water partition coefficient (Wildman–Crippen LogP) is 5.46. The molecule has 7 heteroatoms. The molecule has 1 amide bonds. The highest BCUT2D eigenvalue weighted by Crippen LogP contribution is 2.45. The Hall–Kier alpha value is -2.64. The standard InChI is InChI=1S/C25H26N2O3S2/c1-25(31-12-13-32-25)15-24(28)27-26-16-18-10-11-22(23(14-18)29-2)30-17-20-8-5-7-19-6-3-4-9-21(19)20/h3-11,14,16H,12-13,15,17H2,1-2H3,(H,27,28)/b26-16-. The second kappa shape index (κ2) is 10.3. The van der Waals surface area contributed by atoms with Gasteiger partial charge in [-0.15, -0.1) is 23.5 Å². The number of fused-ring (bicyclic) bond motifs is 1. The molecule has 0 spiro atoms. The van der Waals surface area contributed by atoms with Crippen LogP contribution in [0.4, 0.5) is 0 Å². The fourth-order valence-corrected chi connectivity index (χ4v) is 6.46. The number of hydrogen-bond donors (Lipinski definition) is 1. The van der Waals surface area contributed by atoms with E-state index in [0.29, 0.717) is 24.5 Å². The summed E-state index contributed by atoms with van der Waals surface area (Å²) in [4.78, 5) is 12.2. The maximum absolute atomic E-state index is 12.2. The topological polar surface area (TPSA) is 59.9 Å². The van der Waals surface area contributed by atoms with Gasteiger partial charge in [0.05, 0.1) is 23.8 Å². The summed E-state index contributed by atoms with van der Waals surface area (Å²) in [6, 6.07) is 20.1. The number of ether oxygens (including phenoxy) is 2. The third-order valence-corrected chi connectivity index (χ3v) is 8.53. The first-order valence-corrected chi connectivity index (χ1v) is 12.4. The van der Waals surface area contributed by atoms with Gasteiger partial charge in [0, 0.05) is 11.5 Å². The van der Waals surface area contributed by atoms with Crippen molar-refractivity contribution in [1.82, 2.24) is 5.43 Å². The molecule has 0 radical (unpaired) electrons. The highest BCUT2D eigenvalue weighted by Gasteiger charge is 2.32. The quantitative estimate of drug-likeness (QED) is 0.353. The van der Waals surface area contributed by atoms with Gasteiger partial charge in [0.15, 0.2) is 11.5 Å². The predicted molar refractivity (Wildman–Crippen MR) is 135 cm³/mol. The Labute approximate surface area is 196 Å². The van der Waals surface area contributed by atoms with Crippen molar-refractivity contribution >= 4 is 46.4 Å². The van der Waals surface area contributed by atoms with Crippen LogP contribution in [0.5, 0.6) is 11.5 Å². The number of nitrogens with one attached hydrogen (secondary N) is 1. The van der Waals surface area contributed by atoms with Gasteiger partial charge in [-0.05, 0) is 47.0 Å². The lowest BCUT2D eigenvalue weighted by Crippen LogP contribution is -2.26. The zero-order chi connectivity index (χ0) is 22.4. The fraction of sp³-hybridized carbons (Fsp3) is 0.280. The largest absolute Gasteiger partial charge is 0.493 e. The molecule has 0 unspecified atom stereocenters. The summed E-state index contributed by atoms with van der Waals surface area (Å²) < 4.78 is 11.5. The van der Waals surface area contributed by atoms with E-state index in [2.05, 4.69) is 41.7 Å². The number of nitrogens with zero attached hydrogens (tertiary/aromatic N) is 1. The zero-order valence-corrected chi connectivity index (χ0v) is 19.8. The first-order chi connectivity index (χ1) is 15.6. The van der Waals surface area contributed by atoms with Crippen molar-refractivity contribution in [1.29, 1.82) is 0 Å². The van der Waals surface area contributed by atoms with E-state index in [1.165, 1.54) is 10.8 Å². The van der Waals surface area contributed by atoms with Crippen LogP contribution in [-0.4, -0.2) is 34.8 Å². The number of hydrogen-bond acceptors (Lipinski definition) is 6. The number of methoxy groups -OCH3 is 1. The van der Waals surface area contributed by atoms with Crippen LogP contribution >= 0.6 is 23.5 Å². The summed E-state index contributed by atoms with van der Waals surface area (Å²) >= 11 is 3.67. The summed E-state index contributed by atoms with van der Waals surface area (Å²) in [5.74, 6) is 3.38. The molecule has 1 N–H and O–H groups in total. The second-order valence-electron chi connectivity index (χ2n) is 7.64. The maximum Gasteiger partial charge on any atom is 0.242 e. The lowest BCUT2D eigenvalue weighted by atomic mass is 10.1. The molecule has 32 heavy (non-hydrogen) atoms. The van der Waals surface area contributed by atoms with Crippen molar-refractivity contribution in [3.05, 3.63) is 71.8 Å². The summed E-state index contributed by atoms with van der Waals surface area (Å²) in [5.41, 5.74) is 4.56. The van der Waals surface area contributed by atoms with Crippen molar-refractivity contribution in [3.8, 4) is 11.5 Å². The van der Waals surface area contributed by atoms with Crippen molar-refractivity contribution in [3.63, 3.8) is 0 Å². The number of thioether (sulfide) groups is 2. The Morgan fingerprint density at radius 3 is 2.69 bits per heavy atom. The number of carbonyl (C=O) groups excluding carboxylic acids is 1. The lowest BCUT2D eigenvalue weighted by Gasteiger charge is -2.19. The van der Waals surface area contributed by atoms with Gasteiger partial charge >= 0.3 is 0 Å². The molecule has 3 aromatic carbocycles. The minimum atomic E-state index is -0.0762. The van der Waals surface area contributed by atoms with E-state index in [4.69, 9.17) is 9.47 Å². The van der Waals surface area contributed by atoms with Crippen molar-refractivity contribution < 1.29 is 14.3 Å². The minimum absolute atomic E-state index is 0.0497. The van der Waals surface area contributed by atoms with Gasteiger partial charge in [-0.3, -0.25) is 4.79 Å². The van der Waals surface area contributed by atoms with Gasteiger partial charge in [-0.1, -0.05) is 42.5 Å². The van der Waals surface area contributed by atoms with Gasteiger partial charge < -0.3 is 9.47 Å². The molecule has 4 rings (SSSR count). The normalized spacial score (nSPS) is 15.2. The average Bonchev–Trinajstić information content (AvgIpc) is 3.23. The Bertz CT molecular complexity index is 1120. The molecule has 1 aliphatic heterocycles. The van der Waals surface area contributed by atoms with Crippen LogP contribution in [0.1, 0.15) is 24.5 Å². The van der Waals surface area contributed by atoms with Gasteiger partial charge in [0.2, 0.25) is 5.91 Å². The Morgan fingerprint density at radius 2 is 1.88 bits per heavy atom. The van der Waals surface area contributed by atoms with Crippen LogP contribution in [0.25, 0.3) is 10.8 Å². The second-order valence-corrected chi connectivity index (χ2v) is 11.1. The summed E-state index contributed by atoms with van der Waals surface area (Å²) in [5, 5.41) is 6.47. The molecule has 1 aliphatic rings. The smallest absolute Gasteiger partial charge is 0.242 e. The minimum Gasteiger partial charge on any atom is -0.493 e. The first-order valence-electron chi connectivity index (χ1n) is 10.4. The van der Waals surface area contributed by atoms with Gasteiger partial charge in [0.25, 0.3) is 0 Å². The lowest BCUT2D eigenvalue weighted by molar-refractivity contribution is -0.121. The highest BCUT2D eigenvalue weighted by atomic mass is 32.2. The Kier molecular flexibility index (Phi) is 7.27. The van der Waals surface area contributed by atoms with E-state index < -0.39 is 0 Å². The van der Waals surface area contributed by atoms with Crippen LogP contribution in [-0.2, 0) is 11.4 Å². The van der Waals surface area contributed by atoms with E-state index in [9.17, 15) is 4.79 Å². The molecule has 5 nitrogen and oxygen atoms in total. The first kappa shape index (κ1) is 22.6. The molecule has 1 heterocycles. The molecule has 0 saturated carbocycles. The zero-order valence-electron chi connectivity index (χ0n) is 18.2. The van der Waals surface area contributed by atoms with E-state index >= 15 is 0 Å². The number of hydrazone groups is 1.